The fraction of sp³-hybridized carbons (Fsp3) is 0.667. The number of hydrogen-bond donors (Lipinski definition) is 0. The number of anilines is 1. The van der Waals surface area contributed by atoms with Crippen molar-refractivity contribution in [1.82, 2.24) is 9.97 Å². The third-order valence-corrected chi connectivity index (χ3v) is 2.83. The van der Waals surface area contributed by atoms with Crippen molar-refractivity contribution in [3.05, 3.63) is 17.5 Å². The van der Waals surface area contributed by atoms with E-state index in [-0.39, 0.29) is 0 Å². The molecule has 0 aromatic carbocycles. The van der Waals surface area contributed by atoms with Gasteiger partial charge in [-0.3, -0.25) is 0 Å². The van der Waals surface area contributed by atoms with Gasteiger partial charge >= 0.3 is 0 Å². The quantitative estimate of drug-likeness (QED) is 0.779. The molecular formula is C12H20BrN3. The summed E-state index contributed by atoms with van der Waals surface area (Å²) in [5.74, 6) is 1.30. The van der Waals surface area contributed by atoms with Crippen molar-refractivity contribution in [2.75, 3.05) is 23.3 Å². The van der Waals surface area contributed by atoms with Crippen LogP contribution in [-0.4, -0.2) is 28.4 Å². The maximum Gasteiger partial charge on any atom is 0.225 e. The van der Waals surface area contributed by atoms with E-state index in [9.17, 15) is 0 Å². The number of alkyl halides is 1. The predicted molar refractivity (Wildman–Crippen MR) is 72.5 cm³/mol. The zero-order chi connectivity index (χ0) is 12.1. The first kappa shape index (κ1) is 13.4. The average molecular weight is 286 g/mol. The fourth-order valence-corrected chi connectivity index (χ4v) is 1.94. The molecule has 0 spiro atoms. The van der Waals surface area contributed by atoms with Gasteiger partial charge in [-0.25, -0.2) is 9.97 Å². The van der Waals surface area contributed by atoms with E-state index in [2.05, 4.69) is 57.6 Å². The third-order valence-electron chi connectivity index (χ3n) is 2.47. The Hall–Kier alpha value is -0.640. The van der Waals surface area contributed by atoms with Crippen LogP contribution in [0.15, 0.2) is 6.07 Å². The van der Waals surface area contributed by atoms with Gasteiger partial charge < -0.3 is 4.90 Å². The molecule has 0 bridgehead atoms. The van der Waals surface area contributed by atoms with Gasteiger partial charge in [-0.1, -0.05) is 29.8 Å². The third kappa shape index (κ3) is 3.44. The molecule has 90 valence electrons. The molecule has 0 saturated carbocycles. The van der Waals surface area contributed by atoms with E-state index in [1.54, 1.807) is 0 Å². The maximum atomic E-state index is 4.62. The Morgan fingerprint density at radius 3 is 2.56 bits per heavy atom. The largest absolute Gasteiger partial charge is 0.340 e. The molecule has 16 heavy (non-hydrogen) atoms. The van der Waals surface area contributed by atoms with E-state index >= 15 is 0 Å². The fourth-order valence-electron chi connectivity index (χ4n) is 1.52. The Kier molecular flexibility index (Phi) is 5.19. The highest BCUT2D eigenvalue weighted by molar-refractivity contribution is 9.09. The summed E-state index contributed by atoms with van der Waals surface area (Å²) < 4.78 is 0. The van der Waals surface area contributed by atoms with Gasteiger partial charge in [0.1, 0.15) is 0 Å². The second kappa shape index (κ2) is 6.18. The van der Waals surface area contributed by atoms with Crippen molar-refractivity contribution in [2.24, 2.45) is 0 Å². The van der Waals surface area contributed by atoms with Crippen LogP contribution in [0.3, 0.4) is 0 Å². The summed E-state index contributed by atoms with van der Waals surface area (Å²) in [5, 5.41) is 0.940. The van der Waals surface area contributed by atoms with Crippen molar-refractivity contribution in [2.45, 2.75) is 33.6 Å². The molecule has 1 rings (SSSR count). The van der Waals surface area contributed by atoms with Gasteiger partial charge in [0.05, 0.1) is 0 Å². The van der Waals surface area contributed by atoms with Crippen LogP contribution < -0.4 is 4.90 Å². The Labute approximate surface area is 106 Å². The predicted octanol–water partition coefficient (Wildman–Crippen LogP) is 3.13. The normalized spacial score (nSPS) is 10.9. The van der Waals surface area contributed by atoms with E-state index in [1.807, 2.05) is 6.92 Å². The highest BCUT2D eigenvalue weighted by atomic mass is 79.9. The molecule has 0 aliphatic rings. The standard InChI is InChI=1S/C12H20BrN3/c1-5-16(7-6-13)12-14-10(4)8-11(15-12)9(2)3/h8-9H,5-7H2,1-4H3. The molecule has 1 heterocycles. The summed E-state index contributed by atoms with van der Waals surface area (Å²) in [7, 11) is 0. The van der Waals surface area contributed by atoms with Crippen LogP contribution in [0, 0.1) is 6.92 Å². The van der Waals surface area contributed by atoms with Crippen LogP contribution in [0.5, 0.6) is 0 Å². The molecule has 0 amide bonds. The highest BCUT2D eigenvalue weighted by Crippen LogP contribution is 2.16. The maximum absolute atomic E-state index is 4.62. The Bertz CT molecular complexity index is 339. The molecule has 0 atom stereocenters. The molecular weight excluding hydrogens is 266 g/mol. The lowest BCUT2D eigenvalue weighted by Gasteiger charge is -2.21. The zero-order valence-corrected chi connectivity index (χ0v) is 12.1. The minimum atomic E-state index is 0.447. The lowest BCUT2D eigenvalue weighted by molar-refractivity contribution is 0.771. The zero-order valence-electron chi connectivity index (χ0n) is 10.5. The molecule has 0 N–H and O–H groups in total. The van der Waals surface area contributed by atoms with Crippen molar-refractivity contribution in [3.8, 4) is 0 Å². The minimum absolute atomic E-state index is 0.447. The van der Waals surface area contributed by atoms with Crippen LogP contribution in [0.4, 0.5) is 5.95 Å². The van der Waals surface area contributed by atoms with Gasteiger partial charge in [-0.15, -0.1) is 0 Å². The van der Waals surface area contributed by atoms with Crippen molar-refractivity contribution < 1.29 is 0 Å². The van der Waals surface area contributed by atoms with E-state index < -0.39 is 0 Å². The van der Waals surface area contributed by atoms with Crippen LogP contribution in [0.1, 0.15) is 38.1 Å². The average Bonchev–Trinajstić information content (AvgIpc) is 2.24. The Morgan fingerprint density at radius 1 is 1.38 bits per heavy atom. The molecule has 0 radical (unpaired) electrons. The molecule has 0 unspecified atom stereocenters. The molecule has 0 aliphatic heterocycles. The molecule has 3 nitrogen and oxygen atoms in total. The molecule has 1 aromatic heterocycles. The van der Waals surface area contributed by atoms with Crippen LogP contribution in [0.2, 0.25) is 0 Å². The first-order valence-corrected chi connectivity index (χ1v) is 6.87. The SMILES string of the molecule is CCN(CCBr)c1nc(C)cc(C(C)C)n1. The molecule has 1 aromatic rings. The van der Waals surface area contributed by atoms with Crippen molar-refractivity contribution >= 4 is 21.9 Å². The van der Waals surface area contributed by atoms with Crippen molar-refractivity contribution in [3.63, 3.8) is 0 Å². The summed E-state index contributed by atoms with van der Waals surface area (Å²) in [5.41, 5.74) is 2.16. The number of rotatable bonds is 5. The number of nitrogens with zero attached hydrogens (tertiary/aromatic N) is 3. The van der Waals surface area contributed by atoms with E-state index in [0.717, 1.165) is 35.8 Å². The van der Waals surface area contributed by atoms with Crippen molar-refractivity contribution in [1.29, 1.82) is 0 Å². The smallest absolute Gasteiger partial charge is 0.225 e. The van der Waals surface area contributed by atoms with Crippen LogP contribution in [-0.2, 0) is 0 Å². The monoisotopic (exact) mass is 285 g/mol. The second-order valence-corrected chi connectivity index (χ2v) is 4.95. The summed E-state index contributed by atoms with van der Waals surface area (Å²) in [6.07, 6.45) is 0. The highest BCUT2D eigenvalue weighted by Gasteiger charge is 2.10. The number of hydrogen-bond acceptors (Lipinski definition) is 3. The van der Waals surface area contributed by atoms with E-state index in [1.165, 1.54) is 0 Å². The summed E-state index contributed by atoms with van der Waals surface area (Å²) in [6.45, 7) is 10.4. The van der Waals surface area contributed by atoms with E-state index in [0.29, 0.717) is 5.92 Å². The van der Waals surface area contributed by atoms with Gasteiger partial charge in [-0.05, 0) is 25.8 Å². The summed E-state index contributed by atoms with van der Waals surface area (Å²) >= 11 is 3.46. The molecule has 0 fully saturated rings. The molecule has 0 saturated heterocycles. The Balaban J connectivity index is 3.02. The van der Waals surface area contributed by atoms with Gasteiger partial charge in [0, 0.05) is 29.8 Å². The first-order chi connectivity index (χ1) is 7.58. The Morgan fingerprint density at radius 2 is 2.06 bits per heavy atom. The van der Waals surface area contributed by atoms with Crippen LogP contribution in [0.25, 0.3) is 0 Å². The van der Waals surface area contributed by atoms with E-state index in [4.69, 9.17) is 0 Å². The first-order valence-electron chi connectivity index (χ1n) is 5.75. The van der Waals surface area contributed by atoms with Gasteiger partial charge in [0.2, 0.25) is 5.95 Å². The summed E-state index contributed by atoms with van der Waals surface area (Å²) in [6, 6.07) is 2.07. The second-order valence-electron chi connectivity index (χ2n) is 4.16. The van der Waals surface area contributed by atoms with Gasteiger partial charge in [-0.2, -0.15) is 0 Å². The molecule has 0 aliphatic carbocycles. The van der Waals surface area contributed by atoms with Crippen LogP contribution >= 0.6 is 15.9 Å². The topological polar surface area (TPSA) is 29.0 Å². The lowest BCUT2D eigenvalue weighted by Crippen LogP contribution is -2.27. The number of aromatic nitrogens is 2. The van der Waals surface area contributed by atoms with Gasteiger partial charge in [0.15, 0.2) is 0 Å². The minimum Gasteiger partial charge on any atom is -0.340 e. The number of halogens is 1. The van der Waals surface area contributed by atoms with Gasteiger partial charge in [0.25, 0.3) is 0 Å². The number of aryl methyl sites for hydroxylation is 1. The lowest BCUT2D eigenvalue weighted by atomic mass is 10.1. The molecule has 4 heteroatoms. The summed E-state index contributed by atoms with van der Waals surface area (Å²) in [4.78, 5) is 11.3.